The molecule has 8 nitrogen and oxygen atoms in total. The van der Waals surface area contributed by atoms with Crippen LogP contribution in [0.3, 0.4) is 0 Å². The van der Waals surface area contributed by atoms with Crippen LogP contribution in [0.2, 0.25) is 0 Å². The van der Waals surface area contributed by atoms with E-state index in [-0.39, 0.29) is 5.91 Å². The number of benzene rings is 2. The van der Waals surface area contributed by atoms with Crippen molar-refractivity contribution in [2.45, 2.75) is 26.8 Å². The highest BCUT2D eigenvalue weighted by molar-refractivity contribution is 6.06. The van der Waals surface area contributed by atoms with Gasteiger partial charge in [-0.3, -0.25) is 4.79 Å². The zero-order valence-corrected chi connectivity index (χ0v) is 16.7. The van der Waals surface area contributed by atoms with E-state index >= 15 is 0 Å². The molecule has 0 bridgehead atoms. The second kappa shape index (κ2) is 7.38. The summed E-state index contributed by atoms with van der Waals surface area (Å²) in [4.78, 5) is 13.4. The van der Waals surface area contributed by atoms with E-state index < -0.39 is 6.04 Å². The van der Waals surface area contributed by atoms with Crippen molar-refractivity contribution in [2.24, 2.45) is 0 Å². The Balaban J connectivity index is 1.77. The fourth-order valence-corrected chi connectivity index (χ4v) is 3.57. The molecule has 0 aliphatic carbocycles. The third kappa shape index (κ3) is 3.44. The molecule has 2 heterocycles. The number of carbonyl (C=O) groups is 1. The van der Waals surface area contributed by atoms with Crippen LogP contribution in [0.5, 0.6) is 5.75 Å². The minimum atomic E-state index is -0.484. The van der Waals surface area contributed by atoms with Gasteiger partial charge >= 0.3 is 0 Å². The molecular weight excluding hydrogens is 368 g/mol. The van der Waals surface area contributed by atoms with E-state index in [1.54, 1.807) is 11.8 Å². The van der Waals surface area contributed by atoms with E-state index in [0.29, 0.717) is 23.0 Å². The number of amides is 1. The number of anilines is 2. The number of fused-ring (bicyclic) bond motifs is 1. The molecule has 0 radical (unpaired) electrons. The van der Waals surface area contributed by atoms with Gasteiger partial charge in [0.25, 0.3) is 5.91 Å². The number of tetrazole rings is 1. The number of hydrogen-bond donors (Lipinski definition) is 2. The molecule has 3 aromatic rings. The lowest BCUT2D eigenvalue weighted by atomic mass is 9.94. The molecular formula is C21H22N6O2. The number of carbonyl (C=O) groups excluding carboxylic acids is 1. The van der Waals surface area contributed by atoms with Crippen molar-refractivity contribution in [3.05, 3.63) is 70.4 Å². The Hall–Kier alpha value is -3.68. The van der Waals surface area contributed by atoms with E-state index in [0.717, 1.165) is 22.4 Å². The van der Waals surface area contributed by atoms with E-state index in [1.807, 2.05) is 63.2 Å². The first-order valence-electron chi connectivity index (χ1n) is 9.26. The minimum absolute atomic E-state index is 0.212. The van der Waals surface area contributed by atoms with Gasteiger partial charge in [0, 0.05) is 11.4 Å². The summed E-state index contributed by atoms with van der Waals surface area (Å²) in [6.07, 6.45) is 0. The van der Waals surface area contributed by atoms with E-state index in [1.165, 1.54) is 0 Å². The van der Waals surface area contributed by atoms with Crippen LogP contribution < -0.4 is 15.4 Å². The van der Waals surface area contributed by atoms with Crippen LogP contribution >= 0.6 is 0 Å². The molecule has 2 N–H and O–H groups in total. The standard InChI is InChI=1S/C21H22N6O2/c1-12-8-9-17(13(2)10-12)23-20(28)18-14(3)22-21-24-25-26-27(21)19(18)15-6-5-7-16(11-15)29-4/h5-11,19H,1-4H3,(H,23,28)(H,22,24,26). The number of aromatic nitrogens is 4. The fraction of sp³-hybridized carbons (Fsp3) is 0.238. The zero-order chi connectivity index (χ0) is 20.5. The summed E-state index contributed by atoms with van der Waals surface area (Å²) in [5, 5.41) is 18.1. The zero-order valence-electron chi connectivity index (χ0n) is 16.7. The van der Waals surface area contributed by atoms with Gasteiger partial charge in [-0.25, -0.2) is 0 Å². The monoisotopic (exact) mass is 390 g/mol. The molecule has 1 aromatic heterocycles. The predicted molar refractivity (Wildman–Crippen MR) is 110 cm³/mol. The molecule has 0 saturated carbocycles. The number of rotatable bonds is 4. The number of aryl methyl sites for hydroxylation is 2. The Morgan fingerprint density at radius 1 is 1.17 bits per heavy atom. The van der Waals surface area contributed by atoms with Crippen LogP contribution in [0.4, 0.5) is 11.6 Å². The first kappa shape index (κ1) is 18.7. The highest BCUT2D eigenvalue weighted by Crippen LogP contribution is 2.36. The normalized spacial score (nSPS) is 15.5. The number of nitrogens with one attached hydrogen (secondary N) is 2. The number of allylic oxidation sites excluding steroid dienone is 1. The maximum atomic E-state index is 13.4. The van der Waals surface area contributed by atoms with Crippen LogP contribution in [-0.4, -0.2) is 33.2 Å². The molecule has 1 aliphatic rings. The SMILES string of the molecule is COc1cccc(C2C(C(=O)Nc3ccc(C)cc3C)=C(C)Nc3nnnn32)c1. The summed E-state index contributed by atoms with van der Waals surface area (Å²) in [6.45, 7) is 5.85. The van der Waals surface area contributed by atoms with Crippen molar-refractivity contribution in [1.82, 2.24) is 20.2 Å². The van der Waals surface area contributed by atoms with Gasteiger partial charge in [0.2, 0.25) is 5.95 Å². The highest BCUT2D eigenvalue weighted by atomic mass is 16.5. The van der Waals surface area contributed by atoms with Crippen molar-refractivity contribution in [3.63, 3.8) is 0 Å². The number of nitrogens with zero attached hydrogens (tertiary/aromatic N) is 4. The lowest BCUT2D eigenvalue weighted by Gasteiger charge is -2.28. The second-order valence-corrected chi connectivity index (χ2v) is 7.06. The summed E-state index contributed by atoms with van der Waals surface area (Å²) < 4.78 is 6.98. The number of hydrogen-bond acceptors (Lipinski definition) is 6. The lowest BCUT2D eigenvalue weighted by molar-refractivity contribution is -0.113. The molecule has 0 spiro atoms. The molecule has 2 aromatic carbocycles. The van der Waals surface area contributed by atoms with Crippen LogP contribution in [0, 0.1) is 13.8 Å². The average molecular weight is 390 g/mol. The van der Waals surface area contributed by atoms with Gasteiger partial charge < -0.3 is 15.4 Å². The van der Waals surface area contributed by atoms with Gasteiger partial charge in [-0.05, 0) is 60.5 Å². The van der Waals surface area contributed by atoms with Crippen LogP contribution in [-0.2, 0) is 4.79 Å². The smallest absolute Gasteiger partial charge is 0.255 e. The quantitative estimate of drug-likeness (QED) is 0.710. The molecule has 1 aliphatic heterocycles. The van der Waals surface area contributed by atoms with Crippen molar-refractivity contribution < 1.29 is 9.53 Å². The van der Waals surface area contributed by atoms with Crippen molar-refractivity contribution in [2.75, 3.05) is 17.7 Å². The second-order valence-electron chi connectivity index (χ2n) is 7.06. The van der Waals surface area contributed by atoms with Crippen LogP contribution in [0.1, 0.15) is 29.7 Å². The Morgan fingerprint density at radius 2 is 2.00 bits per heavy atom. The first-order valence-corrected chi connectivity index (χ1v) is 9.26. The molecule has 8 heteroatoms. The maximum Gasteiger partial charge on any atom is 0.255 e. The Morgan fingerprint density at radius 3 is 2.76 bits per heavy atom. The maximum absolute atomic E-state index is 13.4. The first-order chi connectivity index (χ1) is 14.0. The summed E-state index contributed by atoms with van der Waals surface area (Å²) in [7, 11) is 1.61. The molecule has 1 amide bonds. The van der Waals surface area contributed by atoms with Crippen molar-refractivity contribution >= 4 is 17.5 Å². The van der Waals surface area contributed by atoms with Gasteiger partial charge in [-0.15, -0.1) is 0 Å². The van der Waals surface area contributed by atoms with Gasteiger partial charge in [0.1, 0.15) is 11.8 Å². The van der Waals surface area contributed by atoms with E-state index in [4.69, 9.17) is 4.74 Å². The topological polar surface area (TPSA) is 94.0 Å². The van der Waals surface area contributed by atoms with Crippen molar-refractivity contribution in [1.29, 1.82) is 0 Å². The highest BCUT2D eigenvalue weighted by Gasteiger charge is 2.34. The predicted octanol–water partition coefficient (Wildman–Crippen LogP) is 3.23. The van der Waals surface area contributed by atoms with Gasteiger partial charge in [-0.1, -0.05) is 34.9 Å². The summed E-state index contributed by atoms with van der Waals surface area (Å²) in [5.74, 6) is 0.969. The number of ether oxygens (including phenoxy) is 1. The van der Waals surface area contributed by atoms with E-state index in [9.17, 15) is 4.79 Å². The summed E-state index contributed by atoms with van der Waals surface area (Å²) in [6, 6.07) is 13.0. The third-order valence-corrected chi connectivity index (χ3v) is 5.00. The molecule has 1 unspecified atom stereocenters. The Labute approximate surface area is 168 Å². The van der Waals surface area contributed by atoms with Gasteiger partial charge in [-0.2, -0.15) is 4.68 Å². The van der Waals surface area contributed by atoms with Gasteiger partial charge in [0.15, 0.2) is 0 Å². The molecule has 148 valence electrons. The molecule has 4 rings (SSSR count). The van der Waals surface area contributed by atoms with Crippen LogP contribution in [0.15, 0.2) is 53.7 Å². The summed E-state index contributed by atoms with van der Waals surface area (Å²) in [5.41, 5.74) is 5.00. The summed E-state index contributed by atoms with van der Waals surface area (Å²) >= 11 is 0. The average Bonchev–Trinajstić information content (AvgIpc) is 3.17. The van der Waals surface area contributed by atoms with Gasteiger partial charge in [0.05, 0.1) is 12.7 Å². The Kier molecular flexibility index (Phi) is 4.75. The molecule has 29 heavy (non-hydrogen) atoms. The largest absolute Gasteiger partial charge is 0.497 e. The molecule has 0 saturated heterocycles. The van der Waals surface area contributed by atoms with Crippen molar-refractivity contribution in [3.8, 4) is 5.75 Å². The van der Waals surface area contributed by atoms with E-state index in [2.05, 4.69) is 26.2 Å². The minimum Gasteiger partial charge on any atom is -0.497 e. The fourth-order valence-electron chi connectivity index (χ4n) is 3.57. The van der Waals surface area contributed by atoms with Crippen LogP contribution in [0.25, 0.3) is 0 Å². The lowest BCUT2D eigenvalue weighted by Crippen LogP contribution is -2.31. The third-order valence-electron chi connectivity index (χ3n) is 5.00. The molecule has 0 fully saturated rings. The number of methoxy groups -OCH3 is 1. The molecule has 1 atom stereocenters. The Bertz CT molecular complexity index is 1120.